The smallest absolute Gasteiger partial charge is 0.227 e. The number of nitrogens with zero attached hydrogens (tertiary/aromatic N) is 2. The number of benzene rings is 1. The molecule has 1 aromatic rings. The van der Waals surface area contributed by atoms with Crippen LogP contribution in [0.1, 0.15) is 44.6 Å². The molecule has 1 aliphatic heterocycles. The van der Waals surface area contributed by atoms with Crippen molar-refractivity contribution in [3.63, 3.8) is 0 Å². The monoisotopic (exact) mass is 345 g/mol. The molecule has 1 amide bonds. The van der Waals surface area contributed by atoms with Gasteiger partial charge in [-0.15, -0.1) is 0 Å². The van der Waals surface area contributed by atoms with Crippen molar-refractivity contribution < 1.29 is 9.90 Å². The zero-order valence-corrected chi connectivity index (χ0v) is 15.6. The summed E-state index contributed by atoms with van der Waals surface area (Å²) in [6.45, 7) is 9.66. The Bertz CT molecular complexity index is 603. The van der Waals surface area contributed by atoms with E-state index in [1.807, 2.05) is 13.0 Å². The maximum Gasteiger partial charge on any atom is 0.227 e. The quantitative estimate of drug-likeness (QED) is 0.862. The highest BCUT2D eigenvalue weighted by atomic mass is 16.3. The molecule has 0 unspecified atom stereocenters. The SMILES string of the molecule is CCN1CCN(c2ccc(NC(=O)CC3(O)CCCC3)c(C)c2)CC1. The molecule has 0 radical (unpaired) electrons. The molecule has 3 rings (SSSR count). The Morgan fingerprint density at radius 3 is 2.48 bits per heavy atom. The lowest BCUT2D eigenvalue weighted by Crippen LogP contribution is -2.46. The van der Waals surface area contributed by atoms with Gasteiger partial charge in [0.15, 0.2) is 0 Å². The first-order valence-corrected chi connectivity index (χ1v) is 9.59. The first kappa shape index (κ1) is 18.2. The summed E-state index contributed by atoms with van der Waals surface area (Å²) in [6, 6.07) is 6.24. The minimum atomic E-state index is -0.795. The molecule has 1 aromatic carbocycles. The van der Waals surface area contributed by atoms with Crippen LogP contribution in [-0.2, 0) is 4.79 Å². The summed E-state index contributed by atoms with van der Waals surface area (Å²) in [5.41, 5.74) is 2.35. The highest BCUT2D eigenvalue weighted by Crippen LogP contribution is 2.33. The number of hydrogen-bond acceptors (Lipinski definition) is 4. The molecule has 0 atom stereocenters. The van der Waals surface area contributed by atoms with Gasteiger partial charge in [-0.3, -0.25) is 4.79 Å². The third-order valence-electron chi connectivity index (χ3n) is 5.69. The Morgan fingerprint density at radius 2 is 1.88 bits per heavy atom. The highest BCUT2D eigenvalue weighted by molar-refractivity contribution is 5.92. The number of nitrogens with one attached hydrogen (secondary N) is 1. The van der Waals surface area contributed by atoms with Crippen molar-refractivity contribution in [2.75, 3.05) is 42.9 Å². The molecule has 1 aliphatic carbocycles. The average molecular weight is 345 g/mol. The topological polar surface area (TPSA) is 55.8 Å². The van der Waals surface area contributed by atoms with Crippen LogP contribution in [0.4, 0.5) is 11.4 Å². The Morgan fingerprint density at radius 1 is 1.20 bits per heavy atom. The lowest BCUT2D eigenvalue weighted by molar-refractivity contribution is -0.120. The Kier molecular flexibility index (Phi) is 5.64. The molecular formula is C20H31N3O2. The van der Waals surface area contributed by atoms with Crippen molar-refractivity contribution in [2.45, 2.75) is 51.6 Å². The second-order valence-corrected chi connectivity index (χ2v) is 7.58. The first-order chi connectivity index (χ1) is 12.0. The van der Waals surface area contributed by atoms with E-state index < -0.39 is 5.60 Å². The largest absolute Gasteiger partial charge is 0.389 e. The summed E-state index contributed by atoms with van der Waals surface area (Å²) >= 11 is 0. The summed E-state index contributed by atoms with van der Waals surface area (Å²) in [5, 5.41) is 13.4. The number of carbonyl (C=O) groups is 1. The van der Waals surface area contributed by atoms with E-state index in [1.165, 1.54) is 5.69 Å². The van der Waals surface area contributed by atoms with E-state index in [0.717, 1.165) is 69.7 Å². The molecule has 25 heavy (non-hydrogen) atoms. The molecule has 0 aromatic heterocycles. The van der Waals surface area contributed by atoms with Gasteiger partial charge in [-0.05, 0) is 50.1 Å². The lowest BCUT2D eigenvalue weighted by Gasteiger charge is -2.35. The van der Waals surface area contributed by atoms with Crippen LogP contribution in [0.2, 0.25) is 0 Å². The van der Waals surface area contributed by atoms with Crippen molar-refractivity contribution in [3.05, 3.63) is 23.8 Å². The molecule has 5 heteroatoms. The molecule has 0 spiro atoms. The standard InChI is InChI=1S/C20H31N3O2/c1-3-22-10-12-23(13-11-22)17-6-7-18(16(2)14-17)21-19(24)15-20(25)8-4-5-9-20/h6-7,14,25H,3-5,8-13,15H2,1-2H3,(H,21,24). The second-order valence-electron chi connectivity index (χ2n) is 7.58. The number of anilines is 2. The van der Waals surface area contributed by atoms with E-state index in [1.54, 1.807) is 0 Å². The number of aliphatic hydroxyl groups is 1. The van der Waals surface area contributed by atoms with Crippen LogP contribution in [-0.4, -0.2) is 54.2 Å². The summed E-state index contributed by atoms with van der Waals surface area (Å²) in [5.74, 6) is -0.0863. The Hall–Kier alpha value is -1.59. The van der Waals surface area contributed by atoms with Gasteiger partial charge in [0.05, 0.1) is 12.0 Å². The molecule has 2 N–H and O–H groups in total. The van der Waals surface area contributed by atoms with Gasteiger partial charge < -0.3 is 20.2 Å². The molecule has 138 valence electrons. The number of carbonyl (C=O) groups excluding carboxylic acids is 1. The van der Waals surface area contributed by atoms with E-state index in [0.29, 0.717) is 0 Å². The molecule has 1 saturated heterocycles. The van der Waals surface area contributed by atoms with Gasteiger partial charge in [-0.2, -0.15) is 0 Å². The summed E-state index contributed by atoms with van der Waals surface area (Å²) in [6.07, 6.45) is 3.71. The van der Waals surface area contributed by atoms with Crippen LogP contribution in [0.3, 0.4) is 0 Å². The van der Waals surface area contributed by atoms with Crippen LogP contribution in [0, 0.1) is 6.92 Å². The van der Waals surface area contributed by atoms with Crippen molar-refractivity contribution in [3.8, 4) is 0 Å². The van der Waals surface area contributed by atoms with E-state index in [4.69, 9.17) is 0 Å². The minimum absolute atomic E-state index is 0.0863. The predicted molar refractivity (Wildman–Crippen MR) is 102 cm³/mol. The van der Waals surface area contributed by atoms with Gasteiger partial charge in [0.25, 0.3) is 0 Å². The third kappa shape index (κ3) is 4.53. The first-order valence-electron chi connectivity index (χ1n) is 9.59. The van der Waals surface area contributed by atoms with Gasteiger partial charge in [-0.1, -0.05) is 19.8 Å². The number of aryl methyl sites for hydroxylation is 1. The highest BCUT2D eigenvalue weighted by Gasteiger charge is 2.33. The van der Waals surface area contributed by atoms with Gasteiger partial charge in [0, 0.05) is 37.6 Å². The van der Waals surface area contributed by atoms with Crippen molar-refractivity contribution >= 4 is 17.3 Å². The van der Waals surface area contributed by atoms with Crippen molar-refractivity contribution in [1.82, 2.24) is 4.90 Å². The predicted octanol–water partition coefficient (Wildman–Crippen LogP) is 2.77. The number of rotatable bonds is 5. The molecule has 2 fully saturated rings. The zero-order chi connectivity index (χ0) is 17.9. The maximum atomic E-state index is 12.3. The van der Waals surface area contributed by atoms with E-state index >= 15 is 0 Å². The summed E-state index contributed by atoms with van der Waals surface area (Å²) in [4.78, 5) is 17.2. The van der Waals surface area contributed by atoms with Crippen LogP contribution >= 0.6 is 0 Å². The van der Waals surface area contributed by atoms with E-state index in [2.05, 4.69) is 34.2 Å². The summed E-state index contributed by atoms with van der Waals surface area (Å²) in [7, 11) is 0. The van der Waals surface area contributed by atoms with Gasteiger partial charge in [-0.25, -0.2) is 0 Å². The fraction of sp³-hybridized carbons (Fsp3) is 0.650. The van der Waals surface area contributed by atoms with Crippen LogP contribution < -0.4 is 10.2 Å². The molecule has 0 bridgehead atoms. The number of likely N-dealkylation sites (N-methyl/N-ethyl adjacent to an activating group) is 1. The van der Waals surface area contributed by atoms with Crippen molar-refractivity contribution in [1.29, 1.82) is 0 Å². The summed E-state index contributed by atoms with van der Waals surface area (Å²) < 4.78 is 0. The molecular weight excluding hydrogens is 314 g/mol. The zero-order valence-electron chi connectivity index (χ0n) is 15.6. The molecule has 1 heterocycles. The molecule has 5 nitrogen and oxygen atoms in total. The molecule has 1 saturated carbocycles. The van der Waals surface area contributed by atoms with Crippen LogP contribution in [0.5, 0.6) is 0 Å². The fourth-order valence-corrected chi connectivity index (χ4v) is 4.01. The minimum Gasteiger partial charge on any atom is -0.389 e. The number of amides is 1. The number of hydrogen-bond donors (Lipinski definition) is 2. The Balaban J connectivity index is 1.59. The Labute approximate surface area is 151 Å². The second kappa shape index (κ2) is 7.75. The van der Waals surface area contributed by atoms with Crippen LogP contribution in [0.15, 0.2) is 18.2 Å². The molecule has 2 aliphatic rings. The third-order valence-corrected chi connectivity index (χ3v) is 5.69. The van der Waals surface area contributed by atoms with Crippen molar-refractivity contribution in [2.24, 2.45) is 0 Å². The van der Waals surface area contributed by atoms with Gasteiger partial charge in [0.1, 0.15) is 0 Å². The lowest BCUT2D eigenvalue weighted by atomic mass is 9.97. The number of piperazine rings is 1. The van der Waals surface area contributed by atoms with E-state index in [9.17, 15) is 9.90 Å². The fourth-order valence-electron chi connectivity index (χ4n) is 4.01. The van der Waals surface area contributed by atoms with E-state index in [-0.39, 0.29) is 12.3 Å². The van der Waals surface area contributed by atoms with Gasteiger partial charge in [0.2, 0.25) is 5.91 Å². The van der Waals surface area contributed by atoms with Gasteiger partial charge >= 0.3 is 0 Å². The maximum absolute atomic E-state index is 12.3. The average Bonchev–Trinajstić information content (AvgIpc) is 3.02. The normalized spacial score (nSPS) is 20.7. The van der Waals surface area contributed by atoms with Crippen LogP contribution in [0.25, 0.3) is 0 Å².